The van der Waals surface area contributed by atoms with Crippen LogP contribution in [-0.2, 0) is 10.0 Å². The van der Waals surface area contributed by atoms with Gasteiger partial charge in [-0.1, -0.05) is 0 Å². The predicted molar refractivity (Wildman–Crippen MR) is 72.7 cm³/mol. The average molecular weight is 352 g/mol. The molecule has 0 bridgehead atoms. The summed E-state index contributed by atoms with van der Waals surface area (Å²) in [5, 5.41) is 9.54. The van der Waals surface area contributed by atoms with Crippen LogP contribution in [0.15, 0.2) is 27.6 Å². The fourth-order valence-corrected chi connectivity index (χ4v) is 4.58. The molecule has 2 N–H and O–H groups in total. The Labute approximate surface area is 120 Å². The third-order valence-corrected chi connectivity index (χ3v) is 5.65. The lowest BCUT2D eigenvalue weighted by molar-refractivity contribution is 0.117. The molecule has 1 saturated carbocycles. The van der Waals surface area contributed by atoms with E-state index in [0.717, 1.165) is 18.6 Å². The van der Waals surface area contributed by atoms with Gasteiger partial charge in [-0.2, -0.15) is 0 Å². The van der Waals surface area contributed by atoms with Crippen LogP contribution in [0, 0.1) is 5.82 Å². The van der Waals surface area contributed by atoms with Crippen LogP contribution in [0.3, 0.4) is 0 Å². The van der Waals surface area contributed by atoms with Crippen molar-refractivity contribution >= 4 is 26.0 Å². The highest BCUT2D eigenvalue weighted by molar-refractivity contribution is 9.10. The standard InChI is InChI=1S/C12H15BrFNO3S/c13-11-6-8(14)4-5-12(11)19(17,18)15-9-2-1-3-10(16)7-9/h4-6,9-10,15-16H,1-3,7H2. The maximum atomic E-state index is 13.0. The highest BCUT2D eigenvalue weighted by atomic mass is 79.9. The molecule has 7 heteroatoms. The van der Waals surface area contributed by atoms with Gasteiger partial charge in [0.05, 0.1) is 11.0 Å². The number of nitrogens with one attached hydrogen (secondary N) is 1. The number of aliphatic hydroxyl groups excluding tert-OH is 1. The van der Waals surface area contributed by atoms with Crippen molar-refractivity contribution < 1.29 is 17.9 Å². The zero-order valence-corrected chi connectivity index (χ0v) is 12.5. The lowest BCUT2D eigenvalue weighted by atomic mass is 9.94. The van der Waals surface area contributed by atoms with Crippen LogP contribution in [0.2, 0.25) is 0 Å². The number of hydrogen-bond donors (Lipinski definition) is 2. The Bertz CT molecular complexity index is 564. The predicted octanol–water partition coefficient (Wildman–Crippen LogP) is 2.17. The van der Waals surface area contributed by atoms with Crippen molar-refractivity contribution in [3.05, 3.63) is 28.5 Å². The van der Waals surface area contributed by atoms with Crippen LogP contribution in [-0.4, -0.2) is 25.7 Å². The second-order valence-corrected chi connectivity index (χ2v) is 7.25. The molecule has 2 rings (SSSR count). The number of rotatable bonds is 3. The van der Waals surface area contributed by atoms with Crippen LogP contribution in [0.1, 0.15) is 25.7 Å². The van der Waals surface area contributed by atoms with E-state index in [2.05, 4.69) is 20.7 Å². The van der Waals surface area contributed by atoms with E-state index in [0.29, 0.717) is 19.3 Å². The fraction of sp³-hybridized carbons (Fsp3) is 0.500. The first-order chi connectivity index (χ1) is 8.88. The Morgan fingerprint density at radius 2 is 2.11 bits per heavy atom. The molecule has 0 spiro atoms. The molecule has 0 radical (unpaired) electrons. The van der Waals surface area contributed by atoms with Gasteiger partial charge >= 0.3 is 0 Å². The van der Waals surface area contributed by atoms with Gasteiger partial charge in [-0.3, -0.25) is 0 Å². The number of sulfonamides is 1. The largest absolute Gasteiger partial charge is 0.393 e. The van der Waals surface area contributed by atoms with E-state index in [1.165, 1.54) is 6.07 Å². The Morgan fingerprint density at radius 1 is 1.37 bits per heavy atom. The van der Waals surface area contributed by atoms with E-state index >= 15 is 0 Å². The normalized spacial score (nSPS) is 24.4. The molecule has 1 aromatic carbocycles. The monoisotopic (exact) mass is 351 g/mol. The van der Waals surface area contributed by atoms with Gasteiger partial charge in [0.1, 0.15) is 5.82 Å². The molecule has 19 heavy (non-hydrogen) atoms. The SMILES string of the molecule is O=S(=O)(NC1CCCC(O)C1)c1ccc(F)cc1Br. The maximum Gasteiger partial charge on any atom is 0.241 e. The highest BCUT2D eigenvalue weighted by Gasteiger charge is 2.26. The van der Waals surface area contributed by atoms with Crippen LogP contribution < -0.4 is 4.72 Å². The summed E-state index contributed by atoms with van der Waals surface area (Å²) in [5.74, 6) is -0.501. The van der Waals surface area contributed by atoms with Crippen LogP contribution in [0.25, 0.3) is 0 Å². The molecule has 0 amide bonds. The minimum atomic E-state index is -3.71. The smallest absolute Gasteiger partial charge is 0.241 e. The van der Waals surface area contributed by atoms with Crippen molar-refractivity contribution in [1.82, 2.24) is 4.72 Å². The Morgan fingerprint density at radius 3 is 2.74 bits per heavy atom. The summed E-state index contributed by atoms with van der Waals surface area (Å²) in [6.07, 6.45) is 2.16. The van der Waals surface area contributed by atoms with Crippen molar-refractivity contribution in [2.45, 2.75) is 42.7 Å². The molecule has 1 aliphatic rings. The first-order valence-corrected chi connectivity index (χ1v) is 8.31. The molecular formula is C12H15BrFNO3S. The number of benzene rings is 1. The van der Waals surface area contributed by atoms with Gasteiger partial charge < -0.3 is 5.11 Å². The van der Waals surface area contributed by atoms with Crippen LogP contribution in [0.4, 0.5) is 4.39 Å². The molecule has 0 saturated heterocycles. The zero-order valence-electron chi connectivity index (χ0n) is 10.1. The van der Waals surface area contributed by atoms with E-state index in [9.17, 15) is 17.9 Å². The van der Waals surface area contributed by atoms with Gasteiger partial charge in [-0.15, -0.1) is 0 Å². The van der Waals surface area contributed by atoms with Gasteiger partial charge in [0.15, 0.2) is 0 Å². The van der Waals surface area contributed by atoms with Gasteiger partial charge in [0, 0.05) is 10.5 Å². The summed E-state index contributed by atoms with van der Waals surface area (Å²) in [4.78, 5) is 0.00830. The maximum absolute atomic E-state index is 13.0. The van der Waals surface area contributed by atoms with Crippen molar-refractivity contribution in [1.29, 1.82) is 0 Å². The van der Waals surface area contributed by atoms with Crippen molar-refractivity contribution in [2.75, 3.05) is 0 Å². The summed E-state index contributed by atoms with van der Waals surface area (Å²) in [6.45, 7) is 0. The summed E-state index contributed by atoms with van der Waals surface area (Å²) in [6, 6.07) is 3.17. The second-order valence-electron chi connectivity index (χ2n) is 4.71. The lowest BCUT2D eigenvalue weighted by Gasteiger charge is -2.26. The third kappa shape index (κ3) is 3.75. The summed E-state index contributed by atoms with van der Waals surface area (Å²) < 4.78 is 40.1. The van der Waals surface area contributed by atoms with Crippen molar-refractivity contribution in [2.24, 2.45) is 0 Å². The van der Waals surface area contributed by atoms with Gasteiger partial charge in [-0.05, 0) is 59.8 Å². The molecule has 0 heterocycles. The second kappa shape index (κ2) is 5.87. The van der Waals surface area contributed by atoms with Gasteiger partial charge in [0.25, 0.3) is 0 Å². The van der Waals surface area contributed by atoms with Crippen molar-refractivity contribution in [3.63, 3.8) is 0 Å². The van der Waals surface area contributed by atoms with Crippen molar-refractivity contribution in [3.8, 4) is 0 Å². The summed E-state index contributed by atoms with van der Waals surface area (Å²) >= 11 is 3.05. The molecule has 1 aromatic rings. The molecule has 1 aliphatic carbocycles. The molecule has 0 aromatic heterocycles. The summed E-state index contributed by atoms with van der Waals surface area (Å²) in [7, 11) is -3.71. The quantitative estimate of drug-likeness (QED) is 0.876. The lowest BCUT2D eigenvalue weighted by Crippen LogP contribution is -2.39. The molecule has 2 atom stereocenters. The van der Waals surface area contributed by atoms with Crippen LogP contribution >= 0.6 is 15.9 Å². The summed E-state index contributed by atoms with van der Waals surface area (Å²) in [5.41, 5.74) is 0. The topological polar surface area (TPSA) is 66.4 Å². The molecule has 0 aliphatic heterocycles. The van der Waals surface area contributed by atoms with E-state index in [1.807, 2.05) is 0 Å². The molecule has 1 fully saturated rings. The first kappa shape index (κ1) is 14.9. The average Bonchev–Trinajstić information content (AvgIpc) is 2.27. The van der Waals surface area contributed by atoms with Gasteiger partial charge in [0.2, 0.25) is 10.0 Å². The number of halogens is 2. The molecule has 106 valence electrons. The Balaban J connectivity index is 2.18. The Kier molecular flexibility index (Phi) is 4.60. The Hall–Kier alpha value is -0.500. The molecule has 2 unspecified atom stereocenters. The zero-order chi connectivity index (χ0) is 14.0. The van der Waals surface area contributed by atoms with E-state index in [4.69, 9.17) is 0 Å². The first-order valence-electron chi connectivity index (χ1n) is 6.04. The highest BCUT2D eigenvalue weighted by Crippen LogP contribution is 2.25. The van der Waals surface area contributed by atoms with E-state index in [1.54, 1.807) is 0 Å². The number of aliphatic hydroxyl groups is 1. The minimum Gasteiger partial charge on any atom is -0.393 e. The third-order valence-electron chi connectivity index (χ3n) is 3.15. The van der Waals surface area contributed by atoms with E-state index < -0.39 is 21.9 Å². The number of hydrogen-bond acceptors (Lipinski definition) is 3. The molecular weight excluding hydrogens is 337 g/mol. The van der Waals surface area contributed by atoms with Gasteiger partial charge in [-0.25, -0.2) is 17.5 Å². The fourth-order valence-electron chi connectivity index (χ4n) is 2.25. The molecule has 4 nitrogen and oxygen atoms in total. The van der Waals surface area contributed by atoms with E-state index in [-0.39, 0.29) is 15.4 Å². The minimum absolute atomic E-state index is 0.00830. The van der Waals surface area contributed by atoms with Crippen LogP contribution in [0.5, 0.6) is 0 Å².